The molecule has 0 saturated carbocycles. The van der Waals surface area contributed by atoms with E-state index in [4.69, 9.17) is 16.3 Å². The third-order valence-electron chi connectivity index (χ3n) is 7.03. The number of nitrogens with one attached hydrogen (secondary N) is 2. The zero-order valence-electron chi connectivity index (χ0n) is 22.1. The van der Waals surface area contributed by atoms with Gasteiger partial charge in [-0.15, -0.1) is 0 Å². The van der Waals surface area contributed by atoms with Crippen molar-refractivity contribution in [1.29, 1.82) is 0 Å². The van der Waals surface area contributed by atoms with Gasteiger partial charge >= 0.3 is 6.18 Å². The van der Waals surface area contributed by atoms with Crippen LogP contribution < -0.4 is 20.3 Å². The number of hydrogen-bond donors (Lipinski definition) is 2. The molecule has 0 spiro atoms. The van der Waals surface area contributed by atoms with Crippen molar-refractivity contribution in [2.24, 2.45) is 0 Å². The number of aromatic nitrogens is 2. The number of likely N-dealkylation sites (N-methyl/N-ethyl adjacent to an activating group) is 1. The quantitative estimate of drug-likeness (QED) is 0.267. The van der Waals surface area contributed by atoms with Crippen LogP contribution in [0.2, 0.25) is 5.02 Å². The number of alkyl halides is 3. The number of carbonyl (C=O) groups excluding carboxylic acids is 1. The molecule has 4 rings (SSSR count). The fourth-order valence-corrected chi connectivity index (χ4v) is 5.21. The van der Waals surface area contributed by atoms with Crippen LogP contribution in [-0.2, 0) is 16.4 Å². The lowest BCUT2D eigenvalue weighted by Crippen LogP contribution is -2.52. The smallest absolute Gasteiger partial charge is 0.416 e. The number of ether oxygens (including phenoxy) is 1. The summed E-state index contributed by atoms with van der Waals surface area (Å²) in [6.07, 6.45) is -0.921. The number of carbonyl (C=O) groups is 1. The van der Waals surface area contributed by atoms with Crippen LogP contribution in [0.4, 0.5) is 23.2 Å². The van der Waals surface area contributed by atoms with Gasteiger partial charge in [0, 0.05) is 38.6 Å². The molecular weight excluding hydrogens is 550 g/mol. The van der Waals surface area contributed by atoms with Crippen LogP contribution in [0.5, 0.6) is 5.88 Å². The van der Waals surface area contributed by atoms with Gasteiger partial charge in [-0.1, -0.05) is 11.6 Å². The van der Waals surface area contributed by atoms with Crippen LogP contribution in [0.25, 0.3) is 11.3 Å². The summed E-state index contributed by atoms with van der Waals surface area (Å²) in [4.78, 5) is 24.0. The Morgan fingerprint density at radius 2 is 1.90 bits per heavy atom. The zero-order valence-corrected chi connectivity index (χ0v) is 22.9. The molecule has 7 nitrogen and oxygen atoms in total. The maximum Gasteiger partial charge on any atom is 0.416 e. The lowest BCUT2D eigenvalue weighted by Gasteiger charge is -2.42. The topological polar surface area (TPSA) is 79.4 Å². The van der Waals surface area contributed by atoms with Gasteiger partial charge in [0.1, 0.15) is 11.5 Å². The van der Waals surface area contributed by atoms with Gasteiger partial charge in [-0.25, -0.2) is 9.37 Å². The lowest BCUT2D eigenvalue weighted by atomic mass is 9.72. The van der Waals surface area contributed by atoms with Gasteiger partial charge in [-0.2, -0.15) is 13.2 Å². The predicted molar refractivity (Wildman–Crippen MR) is 145 cm³/mol. The summed E-state index contributed by atoms with van der Waals surface area (Å²) in [5.41, 5.74) is -0.631. The van der Waals surface area contributed by atoms with Crippen LogP contribution in [0, 0.1) is 5.82 Å². The number of amides is 1. The van der Waals surface area contributed by atoms with Crippen LogP contribution >= 0.6 is 11.6 Å². The Labute approximate surface area is 234 Å². The average Bonchev–Trinajstić information content (AvgIpc) is 2.93. The number of hydrogen-bond acceptors (Lipinski definition) is 6. The number of pyridine rings is 2. The van der Waals surface area contributed by atoms with E-state index in [1.807, 2.05) is 4.90 Å². The number of nitrogens with zero attached hydrogens (tertiary/aromatic N) is 3. The molecule has 0 bridgehead atoms. The first-order chi connectivity index (χ1) is 19.1. The van der Waals surface area contributed by atoms with Crippen molar-refractivity contribution in [1.82, 2.24) is 20.6 Å². The third-order valence-corrected chi connectivity index (χ3v) is 7.33. The highest BCUT2D eigenvalue weighted by Crippen LogP contribution is 2.41. The Morgan fingerprint density at radius 3 is 2.52 bits per heavy atom. The SMILES string of the molecule is CCOc1ncccc1-c1ncc(C2(C(=O)NCCNC)CCN(c3ccc(C(F)(F)F)cc3Cl)CC2)cc1F. The molecule has 1 aliphatic heterocycles. The van der Waals surface area contributed by atoms with Gasteiger partial charge in [-0.3, -0.25) is 9.78 Å². The minimum atomic E-state index is -4.51. The molecule has 40 heavy (non-hydrogen) atoms. The Bertz CT molecular complexity index is 1350. The van der Waals surface area contributed by atoms with Gasteiger partial charge in [-0.05, 0) is 68.8 Å². The Hall–Kier alpha value is -3.44. The van der Waals surface area contributed by atoms with Gasteiger partial charge in [0.25, 0.3) is 0 Å². The molecule has 1 aliphatic rings. The van der Waals surface area contributed by atoms with Crippen molar-refractivity contribution in [3.8, 4) is 17.1 Å². The van der Waals surface area contributed by atoms with Crippen LogP contribution in [-0.4, -0.2) is 55.7 Å². The largest absolute Gasteiger partial charge is 0.477 e. The molecular formula is C28H30ClF4N5O2. The highest BCUT2D eigenvalue weighted by Gasteiger charge is 2.44. The number of piperidine rings is 1. The van der Waals surface area contributed by atoms with Crippen molar-refractivity contribution >= 4 is 23.2 Å². The van der Waals surface area contributed by atoms with Gasteiger partial charge in [0.2, 0.25) is 11.8 Å². The van der Waals surface area contributed by atoms with Crippen LogP contribution in [0.3, 0.4) is 0 Å². The van der Waals surface area contributed by atoms with Crippen LogP contribution in [0.1, 0.15) is 30.9 Å². The van der Waals surface area contributed by atoms with Gasteiger partial charge in [0.15, 0.2) is 0 Å². The summed E-state index contributed by atoms with van der Waals surface area (Å²) in [5.74, 6) is -0.640. The normalized spacial score (nSPS) is 15.1. The average molecular weight is 580 g/mol. The zero-order chi connectivity index (χ0) is 28.9. The molecule has 1 fully saturated rings. The molecule has 0 aliphatic carbocycles. The molecule has 1 aromatic carbocycles. The van der Waals surface area contributed by atoms with Crippen molar-refractivity contribution in [3.63, 3.8) is 0 Å². The van der Waals surface area contributed by atoms with E-state index in [1.165, 1.54) is 18.3 Å². The van der Waals surface area contributed by atoms with Gasteiger partial charge in [0.05, 0.1) is 33.9 Å². The number of benzene rings is 1. The Kier molecular flexibility index (Phi) is 9.15. The number of anilines is 1. The molecule has 1 saturated heterocycles. The van der Waals surface area contributed by atoms with Gasteiger partial charge < -0.3 is 20.3 Å². The van der Waals surface area contributed by atoms with Crippen LogP contribution in [0.15, 0.2) is 48.8 Å². The summed E-state index contributed by atoms with van der Waals surface area (Å²) < 4.78 is 60.4. The summed E-state index contributed by atoms with van der Waals surface area (Å²) in [6, 6.07) is 7.87. The van der Waals surface area contributed by atoms with E-state index in [9.17, 15) is 18.0 Å². The fourth-order valence-electron chi connectivity index (χ4n) is 4.91. The molecule has 12 heteroatoms. The van der Waals surface area contributed by atoms with Crippen molar-refractivity contribution in [3.05, 3.63) is 70.8 Å². The van der Waals surface area contributed by atoms with Crippen molar-refractivity contribution in [2.45, 2.75) is 31.4 Å². The van der Waals surface area contributed by atoms with Crippen molar-refractivity contribution < 1.29 is 27.1 Å². The highest BCUT2D eigenvalue weighted by molar-refractivity contribution is 6.33. The second-order valence-corrected chi connectivity index (χ2v) is 9.84. The standard InChI is InChI=1S/C28H30ClF4N5O2/c1-3-40-25-20(5-4-10-35-25)24-22(30)16-19(17-37-24)27(26(39)36-12-11-34-2)8-13-38(14-9-27)23-7-6-18(15-21(23)29)28(31,32)33/h4-7,10,15-17,34H,3,8-9,11-14H2,1-2H3,(H,36,39). The molecule has 3 aromatic rings. The van der Waals surface area contributed by atoms with Crippen molar-refractivity contribution in [2.75, 3.05) is 44.7 Å². The first kappa shape index (κ1) is 29.5. The van der Waals surface area contributed by atoms with E-state index >= 15 is 4.39 Å². The number of rotatable bonds is 9. The van der Waals surface area contributed by atoms with E-state index < -0.39 is 23.0 Å². The van der Waals surface area contributed by atoms with E-state index in [1.54, 1.807) is 32.3 Å². The maximum atomic E-state index is 15.6. The minimum Gasteiger partial charge on any atom is -0.477 e. The summed E-state index contributed by atoms with van der Waals surface area (Å²) in [7, 11) is 1.77. The second kappa shape index (κ2) is 12.4. The van der Waals surface area contributed by atoms with E-state index in [2.05, 4.69) is 20.6 Å². The fraction of sp³-hybridized carbons (Fsp3) is 0.393. The first-order valence-electron chi connectivity index (χ1n) is 12.9. The Balaban J connectivity index is 1.65. The first-order valence-corrected chi connectivity index (χ1v) is 13.3. The highest BCUT2D eigenvalue weighted by atomic mass is 35.5. The monoisotopic (exact) mass is 579 g/mol. The summed E-state index contributed by atoms with van der Waals surface area (Å²) >= 11 is 6.23. The maximum absolute atomic E-state index is 15.6. The molecule has 2 aromatic heterocycles. The molecule has 1 amide bonds. The molecule has 0 atom stereocenters. The molecule has 3 heterocycles. The van der Waals surface area contributed by atoms with E-state index in [0.717, 1.165) is 12.1 Å². The molecule has 0 unspecified atom stereocenters. The summed E-state index contributed by atoms with van der Waals surface area (Å²) in [5, 5.41) is 5.87. The van der Waals surface area contributed by atoms with E-state index in [0.29, 0.717) is 49.6 Å². The Morgan fingerprint density at radius 1 is 1.15 bits per heavy atom. The third kappa shape index (κ3) is 6.15. The molecule has 0 radical (unpaired) electrons. The predicted octanol–water partition coefficient (Wildman–Crippen LogP) is 5.23. The second-order valence-electron chi connectivity index (χ2n) is 9.44. The number of halogens is 5. The summed E-state index contributed by atoms with van der Waals surface area (Å²) in [6.45, 7) is 3.68. The molecule has 214 valence electrons. The van der Waals surface area contributed by atoms with E-state index in [-0.39, 0.29) is 35.3 Å². The lowest BCUT2D eigenvalue weighted by molar-refractivity contribution is -0.137. The molecule has 2 N–H and O–H groups in total. The minimum absolute atomic E-state index is 0.0283.